The number of aliphatic carboxylic acids is 1. The predicted octanol–water partition coefficient (Wildman–Crippen LogP) is 6.21. The molecular weight excluding hydrogens is 600 g/mol. The topological polar surface area (TPSA) is 140 Å². The van der Waals surface area contributed by atoms with E-state index in [0.717, 1.165) is 5.57 Å². The van der Waals surface area contributed by atoms with Gasteiger partial charge in [-0.3, -0.25) is 9.59 Å². The van der Waals surface area contributed by atoms with Crippen molar-refractivity contribution in [1.82, 2.24) is 0 Å². The highest BCUT2D eigenvalue weighted by Crippen LogP contribution is 2.68. The van der Waals surface area contributed by atoms with Crippen LogP contribution in [-0.2, 0) is 20.7 Å². The van der Waals surface area contributed by atoms with Crippen molar-refractivity contribution in [1.29, 1.82) is 0 Å². The molecule has 1 saturated carbocycles. The third kappa shape index (κ3) is 4.84. The fourth-order valence-corrected chi connectivity index (χ4v) is 8.08. The molecule has 5 atom stereocenters. The molecule has 1 aromatic rings. The normalized spacial score (nSPS) is 31.5. The van der Waals surface area contributed by atoms with E-state index in [1.165, 1.54) is 13.0 Å². The maximum absolute atomic E-state index is 14.7. The van der Waals surface area contributed by atoms with E-state index in [4.69, 9.17) is 14.2 Å². The minimum Gasteiger partial charge on any atom is -0.506 e. The Labute approximate surface area is 275 Å². The zero-order valence-corrected chi connectivity index (χ0v) is 28.3. The second-order valence-electron chi connectivity index (χ2n) is 15.2. The Morgan fingerprint density at radius 1 is 1.06 bits per heavy atom. The van der Waals surface area contributed by atoms with Crippen LogP contribution in [0.1, 0.15) is 96.1 Å². The van der Waals surface area contributed by atoms with Crippen LogP contribution in [-0.4, -0.2) is 60.9 Å². The van der Waals surface area contributed by atoms with Gasteiger partial charge in [0.1, 0.15) is 28.4 Å². The third-order valence-electron chi connectivity index (χ3n) is 10.3. The minimum absolute atomic E-state index is 0.0150. The number of Topliss-reactive ketones (excluding diaryl/α,β-unsaturated/α-hetero) is 2. The monoisotopic (exact) mass is 644 g/mol. The molecule has 0 radical (unpaired) electrons. The molecule has 3 aliphatic carbocycles. The van der Waals surface area contributed by atoms with E-state index in [2.05, 4.69) is 0 Å². The van der Waals surface area contributed by atoms with Crippen LogP contribution < -0.4 is 9.47 Å². The van der Waals surface area contributed by atoms with Crippen molar-refractivity contribution in [3.8, 4) is 17.2 Å². The number of carbonyl (C=O) groups excluding carboxylic acids is 2. The number of phenols is 1. The first-order chi connectivity index (χ1) is 21.8. The quantitative estimate of drug-likeness (QED) is 0.223. The lowest BCUT2D eigenvalue weighted by molar-refractivity contribution is -0.171. The summed E-state index contributed by atoms with van der Waals surface area (Å²) < 4.78 is 20.5. The molecule has 250 valence electrons. The Kier molecular flexibility index (Phi) is 7.38. The molecule has 4 bridgehead atoms. The Bertz CT molecular complexity index is 1760. The van der Waals surface area contributed by atoms with E-state index < -0.39 is 51.6 Å². The highest BCUT2D eigenvalue weighted by atomic mass is 16.6. The number of fused-ring (bicyclic) bond motifs is 2. The van der Waals surface area contributed by atoms with Gasteiger partial charge < -0.3 is 29.5 Å². The molecular formula is C38H44O9. The van der Waals surface area contributed by atoms with Crippen molar-refractivity contribution in [2.75, 3.05) is 0 Å². The molecule has 7 rings (SSSR count). The maximum Gasteiger partial charge on any atom is 0.330 e. The highest BCUT2D eigenvalue weighted by molar-refractivity contribution is 6.19. The van der Waals surface area contributed by atoms with E-state index >= 15 is 0 Å². The number of allylic oxidation sites excluding steroid dienone is 3. The molecule has 2 fully saturated rings. The van der Waals surface area contributed by atoms with Crippen molar-refractivity contribution in [2.45, 2.75) is 109 Å². The number of phenolic OH excluding ortho intramolecular Hbond substituents is 1. The summed E-state index contributed by atoms with van der Waals surface area (Å²) in [7, 11) is 0. The number of rotatable bonds is 8. The molecule has 1 saturated heterocycles. The summed E-state index contributed by atoms with van der Waals surface area (Å²) in [6.45, 7) is 14.4. The van der Waals surface area contributed by atoms with Crippen LogP contribution in [0.3, 0.4) is 0 Å². The molecule has 3 aliphatic heterocycles. The minimum atomic E-state index is -1.66. The second kappa shape index (κ2) is 10.5. The van der Waals surface area contributed by atoms with Crippen LogP contribution in [0.15, 0.2) is 53.2 Å². The number of carboxylic acids is 1. The van der Waals surface area contributed by atoms with E-state index in [9.17, 15) is 29.7 Å². The molecule has 9 nitrogen and oxygen atoms in total. The van der Waals surface area contributed by atoms with Crippen molar-refractivity contribution in [2.24, 2.45) is 11.8 Å². The molecule has 9 heteroatoms. The Balaban J connectivity index is 1.58. The van der Waals surface area contributed by atoms with Crippen molar-refractivity contribution >= 4 is 23.6 Å². The number of ketones is 2. The first-order valence-corrected chi connectivity index (χ1v) is 16.2. The van der Waals surface area contributed by atoms with Gasteiger partial charge in [-0.1, -0.05) is 36.0 Å². The number of ether oxygens (including phenoxy) is 3. The number of aliphatic hydroxyl groups is 1. The Hall–Kier alpha value is -3.95. The SMILES string of the molecule is CC(C)=CCc1c2c(c(O)c3c1O[C@]14C(=CC5CC1C(C)(C)OC4(CC=C(C)C(=O)O)C5=O)C3=O)C=CC(C)(CC=CC(C)(C)O)O2. The number of hydrogen-bond acceptors (Lipinski definition) is 8. The Morgan fingerprint density at radius 3 is 2.40 bits per heavy atom. The molecule has 4 unspecified atom stereocenters. The summed E-state index contributed by atoms with van der Waals surface area (Å²) in [5, 5.41) is 31.6. The summed E-state index contributed by atoms with van der Waals surface area (Å²) in [5.41, 5.74) is -3.67. The molecule has 3 N–H and O–H groups in total. The standard InChI is InChI=1S/C38H44O9/c1-20(2)10-11-24-30-23(13-16-36(8,45-30)15-9-14-34(4,5)44)28(39)27-29(40)25-18-22-19-26-35(6,7)47-37(32(22)41,17-12-21(3)33(42)43)38(25,26)46-31(24)27/h9-10,12-14,16,18,22,26,39,44H,11,15,17,19H2,1-8H3,(H,42,43)/t22?,26?,36?,37?,38-/m1/s1. The van der Waals surface area contributed by atoms with Crippen molar-refractivity contribution in [3.05, 3.63) is 69.9 Å². The van der Waals surface area contributed by atoms with E-state index in [-0.39, 0.29) is 40.4 Å². The fraction of sp³-hybridized carbons (Fsp3) is 0.500. The molecule has 0 amide bonds. The lowest BCUT2D eigenvalue weighted by atomic mass is 9.51. The lowest BCUT2D eigenvalue weighted by Crippen LogP contribution is -2.72. The van der Waals surface area contributed by atoms with Crippen LogP contribution in [0.5, 0.6) is 17.2 Å². The van der Waals surface area contributed by atoms with Crippen LogP contribution in [0, 0.1) is 11.8 Å². The fourth-order valence-electron chi connectivity index (χ4n) is 8.08. The van der Waals surface area contributed by atoms with Crippen molar-refractivity contribution < 1.29 is 43.9 Å². The van der Waals surface area contributed by atoms with Gasteiger partial charge in [0, 0.05) is 41.4 Å². The maximum atomic E-state index is 14.7. The smallest absolute Gasteiger partial charge is 0.330 e. The van der Waals surface area contributed by atoms with Crippen LogP contribution in [0.4, 0.5) is 0 Å². The van der Waals surface area contributed by atoms with Gasteiger partial charge in [-0.2, -0.15) is 0 Å². The number of aromatic hydroxyl groups is 1. The van der Waals surface area contributed by atoms with Gasteiger partial charge in [0.05, 0.1) is 16.8 Å². The highest BCUT2D eigenvalue weighted by Gasteiger charge is 2.81. The Morgan fingerprint density at radius 2 is 1.77 bits per heavy atom. The second-order valence-corrected chi connectivity index (χ2v) is 15.2. The first-order valence-electron chi connectivity index (χ1n) is 16.2. The third-order valence-corrected chi connectivity index (χ3v) is 10.3. The van der Waals surface area contributed by atoms with E-state index in [1.54, 1.807) is 32.1 Å². The van der Waals surface area contributed by atoms with Gasteiger partial charge >= 0.3 is 5.97 Å². The average molecular weight is 645 g/mol. The van der Waals surface area contributed by atoms with Crippen molar-refractivity contribution in [3.63, 3.8) is 0 Å². The summed E-state index contributed by atoms with van der Waals surface area (Å²) >= 11 is 0. The molecule has 0 aromatic heterocycles. The molecule has 1 spiro atoms. The summed E-state index contributed by atoms with van der Waals surface area (Å²) in [4.78, 5) is 40.8. The summed E-state index contributed by atoms with van der Waals surface area (Å²) in [5.74, 6) is -2.58. The predicted molar refractivity (Wildman–Crippen MR) is 176 cm³/mol. The number of benzene rings is 1. The van der Waals surface area contributed by atoms with Gasteiger partial charge in [-0.25, -0.2) is 4.79 Å². The van der Waals surface area contributed by atoms with Gasteiger partial charge in [0.25, 0.3) is 0 Å². The molecule has 47 heavy (non-hydrogen) atoms. The molecule has 3 heterocycles. The van der Waals surface area contributed by atoms with Gasteiger partial charge in [0.15, 0.2) is 22.8 Å². The van der Waals surface area contributed by atoms with Gasteiger partial charge in [-0.05, 0) is 80.4 Å². The van der Waals surface area contributed by atoms with Gasteiger partial charge in [-0.15, -0.1) is 0 Å². The summed E-state index contributed by atoms with van der Waals surface area (Å²) in [6.07, 6.45) is 13.3. The van der Waals surface area contributed by atoms with Crippen LogP contribution in [0.2, 0.25) is 0 Å². The average Bonchev–Trinajstić information content (AvgIpc) is 3.11. The van der Waals surface area contributed by atoms with E-state index in [0.29, 0.717) is 36.1 Å². The molecule has 1 aromatic carbocycles. The number of hydrogen-bond donors (Lipinski definition) is 3. The van der Waals surface area contributed by atoms with E-state index in [1.807, 2.05) is 52.8 Å². The lowest BCUT2D eigenvalue weighted by Gasteiger charge is -2.56. The zero-order valence-electron chi connectivity index (χ0n) is 28.3. The zero-order chi connectivity index (χ0) is 34.5. The van der Waals surface area contributed by atoms with Crippen LogP contribution in [0.25, 0.3) is 6.08 Å². The molecule has 6 aliphatic rings. The largest absolute Gasteiger partial charge is 0.506 e. The van der Waals surface area contributed by atoms with Crippen LogP contribution >= 0.6 is 0 Å². The number of carboxylic acid groups (broad SMARTS) is 1. The summed E-state index contributed by atoms with van der Waals surface area (Å²) in [6, 6.07) is 0. The first kappa shape index (κ1) is 33.0. The number of carbonyl (C=O) groups is 3. The van der Waals surface area contributed by atoms with Gasteiger partial charge in [0.2, 0.25) is 0 Å².